The van der Waals surface area contributed by atoms with E-state index in [1.807, 2.05) is 30.3 Å². The fourth-order valence-electron chi connectivity index (χ4n) is 4.16. The molecular formula is C28H32AsN4O3. The number of rotatable bonds is 11. The van der Waals surface area contributed by atoms with Crippen LogP contribution in [0.3, 0.4) is 0 Å². The molecule has 1 aliphatic heterocycles. The zero-order valence-corrected chi connectivity index (χ0v) is 22.5. The predicted molar refractivity (Wildman–Crippen MR) is 143 cm³/mol. The molecule has 5 rings (SSSR count). The summed E-state index contributed by atoms with van der Waals surface area (Å²) in [5.41, 5.74) is 2.00. The zero-order valence-electron chi connectivity index (χ0n) is 20.6. The van der Waals surface area contributed by atoms with E-state index in [-0.39, 0.29) is 10.6 Å². The Morgan fingerprint density at radius 3 is 2.81 bits per heavy atom. The van der Waals surface area contributed by atoms with Crippen LogP contribution in [0.25, 0.3) is 10.9 Å². The molecule has 36 heavy (non-hydrogen) atoms. The summed E-state index contributed by atoms with van der Waals surface area (Å²) >= 11 is -0.753. The van der Waals surface area contributed by atoms with Crippen molar-refractivity contribution in [3.05, 3.63) is 66.5 Å². The average Bonchev–Trinajstić information content (AvgIpc) is 3.73. The van der Waals surface area contributed by atoms with Gasteiger partial charge in [-0.25, -0.2) is 0 Å². The molecule has 7 nitrogen and oxygen atoms in total. The first kappa shape index (κ1) is 24.9. The van der Waals surface area contributed by atoms with Gasteiger partial charge in [0.1, 0.15) is 0 Å². The van der Waals surface area contributed by atoms with Crippen LogP contribution in [0.2, 0.25) is 0 Å². The van der Waals surface area contributed by atoms with E-state index >= 15 is 0 Å². The number of allylic oxidation sites excluding steroid dienone is 1. The van der Waals surface area contributed by atoms with Gasteiger partial charge in [-0.2, -0.15) is 0 Å². The fourth-order valence-corrected chi connectivity index (χ4v) is 5.94. The molecule has 1 aromatic heterocycles. The third-order valence-corrected chi connectivity index (χ3v) is 8.51. The van der Waals surface area contributed by atoms with Crippen molar-refractivity contribution in [3.8, 4) is 5.75 Å². The van der Waals surface area contributed by atoms with Crippen molar-refractivity contribution in [1.29, 1.82) is 0 Å². The van der Waals surface area contributed by atoms with Gasteiger partial charge in [0.25, 0.3) is 0 Å². The van der Waals surface area contributed by atoms with Crippen LogP contribution in [0.5, 0.6) is 5.75 Å². The van der Waals surface area contributed by atoms with E-state index < -0.39 is 15.8 Å². The summed E-state index contributed by atoms with van der Waals surface area (Å²) in [5.74, 6) is 2.18. The second-order valence-corrected chi connectivity index (χ2v) is 11.8. The molecule has 2 aromatic carbocycles. The van der Waals surface area contributed by atoms with Gasteiger partial charge in [-0.3, -0.25) is 0 Å². The first-order valence-corrected chi connectivity index (χ1v) is 14.5. The summed E-state index contributed by atoms with van der Waals surface area (Å²) in [6.45, 7) is 6.92. The van der Waals surface area contributed by atoms with Crippen LogP contribution < -0.4 is 14.4 Å². The van der Waals surface area contributed by atoms with Gasteiger partial charge in [0.05, 0.1) is 0 Å². The first-order chi connectivity index (χ1) is 17.7. The summed E-state index contributed by atoms with van der Waals surface area (Å²) < 4.78 is 12.7. The zero-order chi connectivity index (χ0) is 24.7. The summed E-state index contributed by atoms with van der Waals surface area (Å²) in [6.07, 6.45) is 7.73. The van der Waals surface area contributed by atoms with Gasteiger partial charge >= 0.3 is 219 Å². The normalized spacial score (nSPS) is 17.7. The third kappa shape index (κ3) is 6.72. The average molecular weight is 548 g/mol. The van der Waals surface area contributed by atoms with Crippen molar-refractivity contribution in [2.24, 2.45) is 5.92 Å². The molecule has 1 atom stereocenters. The van der Waals surface area contributed by atoms with Crippen molar-refractivity contribution >= 4 is 41.4 Å². The number of nitrogens with zero attached hydrogens (tertiary/aromatic N) is 3. The number of fused-ring (bicyclic) bond motifs is 1. The molecule has 1 aliphatic carbocycles. The fraction of sp³-hybridized carbons (Fsp3) is 0.393. The van der Waals surface area contributed by atoms with Crippen LogP contribution in [0.15, 0.2) is 60.9 Å². The van der Waals surface area contributed by atoms with Crippen molar-refractivity contribution in [1.82, 2.24) is 14.9 Å². The second kappa shape index (κ2) is 12.0. The molecular weight excluding hydrogens is 515 g/mol. The van der Waals surface area contributed by atoms with E-state index in [0.717, 1.165) is 59.7 Å². The Hall–Kier alpha value is -2.73. The topological polar surface area (TPSA) is 76.6 Å². The van der Waals surface area contributed by atoms with Gasteiger partial charge < -0.3 is 0 Å². The number of anilines is 1. The molecule has 1 radical (unpaired) electrons. The molecule has 187 valence electrons. The SMILES string of the molecule is C[C@@H](Nc1ncnc2cc(OCC3CC3)c([As]C(=O)C=CCN3CCOCC3)cc12)c1ccccc1. The Kier molecular flexibility index (Phi) is 8.32. The van der Waals surface area contributed by atoms with Crippen LogP contribution in [0, 0.1) is 5.92 Å². The molecule has 0 amide bonds. The maximum atomic E-state index is 12.9. The third-order valence-electron chi connectivity index (χ3n) is 6.50. The molecule has 0 unspecified atom stereocenters. The predicted octanol–water partition coefficient (Wildman–Crippen LogP) is 3.34. The van der Waals surface area contributed by atoms with E-state index in [2.05, 4.69) is 45.3 Å². The number of aromatic nitrogens is 2. The summed E-state index contributed by atoms with van der Waals surface area (Å²) in [4.78, 5) is 24.3. The summed E-state index contributed by atoms with van der Waals surface area (Å²) in [7, 11) is 0. The molecule has 3 aromatic rings. The Morgan fingerprint density at radius 2 is 2.03 bits per heavy atom. The van der Waals surface area contributed by atoms with Crippen LogP contribution in [0.1, 0.15) is 31.4 Å². The van der Waals surface area contributed by atoms with Crippen LogP contribution in [0.4, 0.5) is 5.82 Å². The summed E-state index contributed by atoms with van der Waals surface area (Å²) in [5, 5.41) is 4.45. The standard InChI is InChI=1S/C28H32AsN4O3/c1-20(22-6-3-2-4-7-22)32-28-23-16-24(29-27(34)8-5-11-33-12-14-35-15-13-33)26(36-18-21-9-10-21)17-25(23)30-19-31-28/h2-8,16-17,19-21H,9-15,18H2,1H3,(H,30,31,32)/t20-/m1/s1. The molecule has 0 spiro atoms. The molecule has 2 heterocycles. The van der Waals surface area contributed by atoms with Crippen molar-refractivity contribution in [2.45, 2.75) is 25.8 Å². The Morgan fingerprint density at radius 1 is 1.22 bits per heavy atom. The number of benzene rings is 2. The summed E-state index contributed by atoms with van der Waals surface area (Å²) in [6, 6.07) is 14.4. The maximum absolute atomic E-state index is 12.9. The van der Waals surface area contributed by atoms with Gasteiger partial charge in [0.2, 0.25) is 0 Å². The van der Waals surface area contributed by atoms with E-state index in [1.54, 1.807) is 12.4 Å². The van der Waals surface area contributed by atoms with Crippen LogP contribution in [-0.4, -0.2) is 74.6 Å². The molecule has 1 N–H and O–H groups in total. The van der Waals surface area contributed by atoms with Crippen molar-refractivity contribution in [3.63, 3.8) is 0 Å². The first-order valence-electron chi connectivity index (χ1n) is 12.6. The number of carbonyl (C=O) groups is 1. The van der Waals surface area contributed by atoms with Crippen molar-refractivity contribution < 1.29 is 14.3 Å². The number of carbonyl (C=O) groups excluding carboxylic acids is 1. The molecule has 1 saturated heterocycles. The Balaban J connectivity index is 1.36. The van der Waals surface area contributed by atoms with Crippen LogP contribution >= 0.6 is 0 Å². The van der Waals surface area contributed by atoms with E-state index in [4.69, 9.17) is 9.47 Å². The van der Waals surface area contributed by atoms with E-state index in [9.17, 15) is 4.79 Å². The van der Waals surface area contributed by atoms with Gasteiger partial charge in [-0.15, -0.1) is 0 Å². The Labute approximate surface area is 219 Å². The second-order valence-electron chi connectivity index (χ2n) is 9.36. The van der Waals surface area contributed by atoms with Gasteiger partial charge in [-0.1, -0.05) is 0 Å². The number of hydrogen-bond acceptors (Lipinski definition) is 7. The monoisotopic (exact) mass is 547 g/mol. The van der Waals surface area contributed by atoms with Crippen LogP contribution in [-0.2, 0) is 9.53 Å². The number of nitrogens with one attached hydrogen (secondary N) is 1. The molecule has 1 saturated carbocycles. The molecule has 8 heteroatoms. The molecule has 2 aliphatic rings. The van der Waals surface area contributed by atoms with Crippen molar-refractivity contribution in [2.75, 3.05) is 44.8 Å². The minimum atomic E-state index is -0.753. The minimum absolute atomic E-state index is 0.0801. The molecule has 2 fully saturated rings. The Bertz CT molecular complexity index is 1210. The number of hydrogen-bond donors (Lipinski definition) is 1. The molecule has 0 bridgehead atoms. The van der Waals surface area contributed by atoms with Gasteiger partial charge in [0, 0.05) is 0 Å². The van der Waals surface area contributed by atoms with E-state index in [0.29, 0.717) is 12.5 Å². The quantitative estimate of drug-likeness (QED) is 0.292. The van der Waals surface area contributed by atoms with E-state index in [1.165, 1.54) is 18.4 Å². The van der Waals surface area contributed by atoms with Gasteiger partial charge in [0.15, 0.2) is 0 Å². The number of ether oxygens (including phenoxy) is 2. The van der Waals surface area contributed by atoms with Gasteiger partial charge in [-0.05, 0) is 0 Å². The number of morpholine rings is 1.